The van der Waals surface area contributed by atoms with E-state index in [1.165, 1.54) is 0 Å². The molecule has 0 aliphatic heterocycles. The summed E-state index contributed by atoms with van der Waals surface area (Å²) in [6.07, 6.45) is 0. The van der Waals surface area contributed by atoms with Crippen molar-refractivity contribution in [3.8, 4) is 17.1 Å². The number of halogens is 2. The molecule has 1 heterocycles. The van der Waals surface area contributed by atoms with Gasteiger partial charge in [0, 0.05) is 5.56 Å². The molecule has 8 nitrogen and oxygen atoms in total. The van der Waals surface area contributed by atoms with Crippen molar-refractivity contribution >= 4 is 22.6 Å². The number of hydrogen-bond donors (Lipinski definition) is 2. The molecule has 0 saturated heterocycles. The molecular weight excluding hydrogens is 413 g/mol. The van der Waals surface area contributed by atoms with Crippen molar-refractivity contribution in [2.75, 3.05) is 20.3 Å². The molecule has 28 heavy (non-hydrogen) atoms. The minimum atomic E-state index is -4.94. The third kappa shape index (κ3) is 6.47. The Morgan fingerprint density at radius 2 is 1.79 bits per heavy atom. The minimum Gasteiger partial charge on any atom is -0.497 e. The number of aliphatic hydroxyl groups is 1. The Hall–Kier alpha value is -2.17. The summed E-state index contributed by atoms with van der Waals surface area (Å²) in [5.74, 6) is 1.40. The largest absolute Gasteiger partial charge is 0.497 e. The van der Waals surface area contributed by atoms with Crippen molar-refractivity contribution in [2.24, 2.45) is 0 Å². The smallest absolute Gasteiger partial charge is 0.213 e. The lowest BCUT2D eigenvalue weighted by molar-refractivity contribution is -2.00. The van der Waals surface area contributed by atoms with Crippen LogP contribution in [0.25, 0.3) is 22.3 Å². The van der Waals surface area contributed by atoms with E-state index in [1.807, 2.05) is 48.5 Å². The average molecular weight is 430 g/mol. The number of methoxy groups -OCH3 is 1. The van der Waals surface area contributed by atoms with E-state index in [4.69, 9.17) is 44.5 Å². The first-order valence-corrected chi connectivity index (χ1v) is 9.50. The fraction of sp³-hybridized carbons (Fsp3) is 0.167. The van der Waals surface area contributed by atoms with Crippen LogP contribution < -0.4 is 33.7 Å². The lowest BCUT2D eigenvalue weighted by atomic mass is 10.1. The summed E-state index contributed by atoms with van der Waals surface area (Å²) in [6, 6.07) is 15.0. The molecule has 0 amide bonds. The standard InChI is InChI=1S/C18H16ClNO3.ClHO4/c1-22-12-6-7-17-14(10-12)16(20-8-9-21)11-18(23-17)13-4-2-3-5-15(13)19;2-1(3,4)5/h2-7,10-11,21H,8-9H2,1H3;(H,2,3,4,5). The first kappa shape index (κ1) is 22.1. The number of fused-ring (bicyclic) bond motifs is 1. The van der Waals surface area contributed by atoms with Crippen LogP contribution in [-0.4, -0.2) is 25.4 Å². The molecule has 0 aliphatic carbocycles. The molecule has 0 fully saturated rings. The summed E-state index contributed by atoms with van der Waals surface area (Å²) >= 11 is 6.27. The van der Waals surface area contributed by atoms with Crippen LogP contribution in [0.2, 0.25) is 5.02 Å². The van der Waals surface area contributed by atoms with Crippen LogP contribution in [0.1, 0.15) is 0 Å². The Bertz CT molecular complexity index is 993. The summed E-state index contributed by atoms with van der Waals surface area (Å²) in [7, 11) is -3.32. The van der Waals surface area contributed by atoms with E-state index < -0.39 is 10.2 Å². The van der Waals surface area contributed by atoms with Crippen molar-refractivity contribution < 1.29 is 48.1 Å². The maximum absolute atomic E-state index is 9.10. The second kappa shape index (κ2) is 9.85. The summed E-state index contributed by atoms with van der Waals surface area (Å²) < 4.78 is 45.3. The van der Waals surface area contributed by atoms with Crippen LogP contribution in [0.3, 0.4) is 0 Å². The van der Waals surface area contributed by atoms with Crippen LogP contribution in [0.4, 0.5) is 0 Å². The van der Waals surface area contributed by atoms with Gasteiger partial charge in [0.25, 0.3) is 0 Å². The first-order chi connectivity index (χ1) is 13.2. The highest BCUT2D eigenvalue weighted by molar-refractivity contribution is 6.33. The molecule has 3 aromatic rings. The predicted molar refractivity (Wildman–Crippen MR) is 89.3 cm³/mol. The highest BCUT2D eigenvalue weighted by Crippen LogP contribution is 2.29. The molecule has 1 aromatic heterocycles. The van der Waals surface area contributed by atoms with Gasteiger partial charge < -0.3 is 14.3 Å². The zero-order chi connectivity index (χ0) is 20.7. The third-order valence-corrected chi connectivity index (χ3v) is 3.87. The van der Waals surface area contributed by atoms with Gasteiger partial charge in [-0.05, 0) is 30.3 Å². The average Bonchev–Trinajstić information content (AvgIpc) is 2.64. The van der Waals surface area contributed by atoms with Crippen LogP contribution in [0.5, 0.6) is 5.75 Å². The van der Waals surface area contributed by atoms with E-state index in [-0.39, 0.29) is 6.61 Å². The number of rotatable bonds is 4. The van der Waals surface area contributed by atoms with E-state index >= 15 is 0 Å². The summed E-state index contributed by atoms with van der Waals surface area (Å²) in [5, 5.41) is 11.5. The summed E-state index contributed by atoms with van der Waals surface area (Å²) in [4.78, 5) is 3.21. The quantitative estimate of drug-likeness (QED) is 0.448. The molecule has 0 bridgehead atoms. The van der Waals surface area contributed by atoms with Crippen molar-refractivity contribution in [3.05, 3.63) is 58.9 Å². The molecule has 150 valence electrons. The molecule has 0 saturated carbocycles. The third-order valence-electron chi connectivity index (χ3n) is 3.54. The normalized spacial score (nSPS) is 11.9. The molecular formula is C18H17Cl2NO7. The molecule has 0 unspecified atom stereocenters. The first-order valence-electron chi connectivity index (χ1n) is 7.89. The molecule has 0 atom stereocenters. The summed E-state index contributed by atoms with van der Waals surface area (Å²) in [5.41, 5.74) is 1.53. The van der Waals surface area contributed by atoms with Gasteiger partial charge in [-0.1, -0.05) is 23.7 Å². The molecule has 0 radical (unpaired) electrons. The highest BCUT2D eigenvalue weighted by atomic mass is 35.7. The van der Waals surface area contributed by atoms with E-state index in [0.29, 0.717) is 22.9 Å². The minimum absolute atomic E-state index is 0.0406. The maximum Gasteiger partial charge on any atom is 0.213 e. The number of nitrogens with one attached hydrogen (secondary N) is 1. The second-order valence-corrected chi connectivity index (χ2v) is 6.56. The molecule has 0 spiro atoms. The topological polar surface area (TPSA) is 149 Å². The molecule has 2 aromatic carbocycles. The van der Waals surface area contributed by atoms with Crippen molar-refractivity contribution in [1.82, 2.24) is 0 Å². The summed E-state index contributed by atoms with van der Waals surface area (Å²) in [6.45, 7) is 0.483. The van der Waals surface area contributed by atoms with Crippen LogP contribution in [-0.2, 0) is 0 Å². The fourth-order valence-corrected chi connectivity index (χ4v) is 2.65. The van der Waals surface area contributed by atoms with Crippen LogP contribution in [0, 0.1) is 10.2 Å². The Labute approximate surface area is 167 Å². The van der Waals surface area contributed by atoms with Crippen LogP contribution >= 0.6 is 11.6 Å². The number of ether oxygens (including phenoxy) is 1. The Balaban J connectivity index is 0.000000500. The molecule has 3 rings (SSSR count). The fourth-order valence-electron chi connectivity index (χ4n) is 2.42. The van der Waals surface area contributed by atoms with E-state index in [1.54, 1.807) is 7.11 Å². The highest BCUT2D eigenvalue weighted by Gasteiger charge is 2.12. The Morgan fingerprint density at radius 3 is 2.39 bits per heavy atom. The van der Waals surface area contributed by atoms with Crippen LogP contribution in [0.15, 0.2) is 52.9 Å². The van der Waals surface area contributed by atoms with Gasteiger partial charge in [0.15, 0.2) is 6.54 Å². The van der Waals surface area contributed by atoms with Gasteiger partial charge in [0.2, 0.25) is 5.36 Å². The number of benzene rings is 2. The number of hydrogen-bond acceptors (Lipinski definition) is 7. The molecule has 0 aliphatic rings. The zero-order valence-corrected chi connectivity index (χ0v) is 16.2. The van der Waals surface area contributed by atoms with E-state index in [9.17, 15) is 0 Å². The number of aliphatic hydroxyl groups excluding tert-OH is 1. The second-order valence-electron chi connectivity index (χ2n) is 5.39. The molecule has 10 heteroatoms. The van der Waals surface area contributed by atoms with Gasteiger partial charge in [0.1, 0.15) is 23.7 Å². The van der Waals surface area contributed by atoms with Crippen molar-refractivity contribution in [3.63, 3.8) is 0 Å². The van der Waals surface area contributed by atoms with E-state index in [2.05, 4.69) is 4.99 Å². The van der Waals surface area contributed by atoms with Gasteiger partial charge in [-0.2, -0.15) is 0 Å². The Morgan fingerprint density at radius 1 is 1.11 bits per heavy atom. The lowest BCUT2D eigenvalue weighted by Crippen LogP contribution is -2.77. The lowest BCUT2D eigenvalue weighted by Gasteiger charge is -2.17. The van der Waals surface area contributed by atoms with Gasteiger partial charge >= 0.3 is 0 Å². The maximum atomic E-state index is 9.10. The van der Waals surface area contributed by atoms with Gasteiger partial charge in [-0.25, -0.2) is 23.6 Å². The monoisotopic (exact) mass is 429 g/mol. The van der Waals surface area contributed by atoms with Gasteiger partial charge in [-0.3, -0.25) is 0 Å². The Kier molecular flexibility index (Phi) is 7.78. The molecule has 2 N–H and O–H groups in total. The van der Waals surface area contributed by atoms with Gasteiger partial charge in [0.05, 0.1) is 23.6 Å². The van der Waals surface area contributed by atoms with Gasteiger partial charge in [-0.15, -0.1) is 10.2 Å². The zero-order valence-electron chi connectivity index (χ0n) is 14.7. The van der Waals surface area contributed by atoms with Crippen molar-refractivity contribution in [1.29, 1.82) is 0 Å². The predicted octanol–water partition coefficient (Wildman–Crippen LogP) is -3.02. The van der Waals surface area contributed by atoms with Crippen molar-refractivity contribution in [2.45, 2.75) is 0 Å². The van der Waals surface area contributed by atoms with E-state index in [0.717, 1.165) is 22.1 Å². The SMILES string of the molecule is COc1ccc2oc(-c3ccccc3Cl)cc(=[NH+]CCO)c2c1.[O-][Cl+3]([O-])([O-])[O-].